The minimum atomic E-state index is -0.722. The predicted molar refractivity (Wildman–Crippen MR) is 83.0 cm³/mol. The summed E-state index contributed by atoms with van der Waals surface area (Å²) in [4.78, 5) is 22.6. The van der Waals surface area contributed by atoms with Crippen molar-refractivity contribution in [2.75, 3.05) is 0 Å². The highest BCUT2D eigenvalue weighted by Crippen LogP contribution is 2.25. The van der Waals surface area contributed by atoms with Gasteiger partial charge in [0.2, 0.25) is 0 Å². The van der Waals surface area contributed by atoms with E-state index in [-0.39, 0.29) is 23.6 Å². The topological polar surface area (TPSA) is 98.0 Å². The number of carbonyl (C=O) groups is 1. The van der Waals surface area contributed by atoms with Gasteiger partial charge in [-0.05, 0) is 19.1 Å². The van der Waals surface area contributed by atoms with E-state index >= 15 is 0 Å². The first-order valence-corrected chi connectivity index (χ1v) is 7.66. The SMILES string of the molecule is Cc1cc(F)cc(C(=O)NCc2nnc(C(C)C)s2)c1[N+](=O)[O-]. The average molecular weight is 338 g/mol. The van der Waals surface area contributed by atoms with Crippen molar-refractivity contribution in [3.8, 4) is 0 Å². The van der Waals surface area contributed by atoms with Crippen molar-refractivity contribution in [1.29, 1.82) is 0 Å². The standard InChI is InChI=1S/C14H15FN4O3S/c1-7(2)14-18-17-11(23-14)6-16-13(20)10-5-9(15)4-8(3)12(10)19(21)22/h4-5,7H,6H2,1-3H3,(H,16,20). The van der Waals surface area contributed by atoms with Gasteiger partial charge in [0.15, 0.2) is 0 Å². The van der Waals surface area contributed by atoms with Crippen molar-refractivity contribution < 1.29 is 14.1 Å². The zero-order valence-electron chi connectivity index (χ0n) is 12.8. The Bertz CT molecular complexity index is 760. The van der Waals surface area contributed by atoms with Gasteiger partial charge in [0.05, 0.1) is 11.5 Å². The van der Waals surface area contributed by atoms with Gasteiger partial charge < -0.3 is 5.32 Å². The Morgan fingerprint density at radius 1 is 1.43 bits per heavy atom. The van der Waals surface area contributed by atoms with E-state index in [1.807, 2.05) is 13.8 Å². The Hall–Kier alpha value is -2.42. The molecule has 0 saturated heterocycles. The number of nitro groups is 1. The number of amides is 1. The molecule has 1 amide bonds. The van der Waals surface area contributed by atoms with E-state index in [2.05, 4.69) is 15.5 Å². The Balaban J connectivity index is 2.19. The summed E-state index contributed by atoms with van der Waals surface area (Å²) in [5.74, 6) is -1.19. The number of hydrogen-bond acceptors (Lipinski definition) is 6. The molecule has 1 heterocycles. The third-order valence-corrected chi connectivity index (χ3v) is 4.29. The molecule has 9 heteroatoms. The van der Waals surface area contributed by atoms with Crippen molar-refractivity contribution in [2.45, 2.75) is 33.2 Å². The summed E-state index contributed by atoms with van der Waals surface area (Å²) < 4.78 is 13.5. The van der Waals surface area contributed by atoms with Gasteiger partial charge >= 0.3 is 0 Å². The highest BCUT2D eigenvalue weighted by atomic mass is 32.1. The van der Waals surface area contributed by atoms with Gasteiger partial charge in [-0.25, -0.2) is 4.39 Å². The van der Waals surface area contributed by atoms with E-state index < -0.39 is 22.3 Å². The zero-order chi connectivity index (χ0) is 17.1. The number of nitro benzene ring substituents is 1. The molecule has 1 aromatic heterocycles. The Morgan fingerprint density at radius 3 is 2.70 bits per heavy atom. The number of hydrogen-bond donors (Lipinski definition) is 1. The zero-order valence-corrected chi connectivity index (χ0v) is 13.6. The molecule has 2 rings (SSSR count). The van der Waals surface area contributed by atoms with Gasteiger partial charge in [0.25, 0.3) is 11.6 Å². The summed E-state index contributed by atoms with van der Waals surface area (Å²) in [5, 5.41) is 23.0. The van der Waals surface area contributed by atoms with E-state index in [1.54, 1.807) is 0 Å². The molecular weight excluding hydrogens is 323 g/mol. The molecule has 1 N–H and O–H groups in total. The number of nitrogens with zero attached hydrogens (tertiary/aromatic N) is 3. The summed E-state index contributed by atoms with van der Waals surface area (Å²) in [6.07, 6.45) is 0. The van der Waals surface area contributed by atoms with Gasteiger partial charge in [0.1, 0.15) is 21.4 Å². The maximum Gasteiger partial charge on any atom is 0.285 e. The van der Waals surface area contributed by atoms with E-state index in [0.717, 1.165) is 17.1 Å². The number of carbonyl (C=O) groups excluding carboxylic acids is 1. The van der Waals surface area contributed by atoms with Crippen LogP contribution in [0.2, 0.25) is 0 Å². The number of aromatic nitrogens is 2. The van der Waals surface area contributed by atoms with Gasteiger partial charge in [0, 0.05) is 11.5 Å². The third-order valence-electron chi connectivity index (χ3n) is 3.07. The molecule has 0 bridgehead atoms. The molecule has 0 atom stereocenters. The number of nitrogens with one attached hydrogen (secondary N) is 1. The van der Waals surface area contributed by atoms with Crippen molar-refractivity contribution in [1.82, 2.24) is 15.5 Å². The van der Waals surface area contributed by atoms with Gasteiger partial charge in [-0.1, -0.05) is 25.2 Å². The van der Waals surface area contributed by atoms with Crippen LogP contribution in [0.4, 0.5) is 10.1 Å². The van der Waals surface area contributed by atoms with Gasteiger partial charge in [-0.15, -0.1) is 10.2 Å². The number of rotatable bonds is 5. The molecule has 2 aromatic rings. The molecule has 0 spiro atoms. The monoisotopic (exact) mass is 338 g/mol. The summed E-state index contributed by atoms with van der Waals surface area (Å²) >= 11 is 1.35. The normalized spacial score (nSPS) is 10.8. The second kappa shape index (κ2) is 6.78. The van der Waals surface area contributed by atoms with Crippen LogP contribution in [0.1, 0.15) is 45.7 Å². The van der Waals surface area contributed by atoms with Crippen LogP contribution in [0.15, 0.2) is 12.1 Å². The molecule has 0 fully saturated rings. The lowest BCUT2D eigenvalue weighted by Gasteiger charge is -2.06. The first-order valence-electron chi connectivity index (χ1n) is 6.84. The maximum absolute atomic E-state index is 13.5. The Morgan fingerprint density at radius 2 is 2.13 bits per heavy atom. The number of benzene rings is 1. The van der Waals surface area contributed by atoms with Gasteiger partial charge in [-0.2, -0.15) is 0 Å². The Labute approximate surface area is 135 Å². The highest BCUT2D eigenvalue weighted by molar-refractivity contribution is 7.11. The second-order valence-electron chi connectivity index (χ2n) is 5.25. The Kier molecular flexibility index (Phi) is 4.99. The van der Waals surface area contributed by atoms with Crippen LogP contribution < -0.4 is 5.32 Å². The predicted octanol–water partition coefficient (Wildman–Crippen LogP) is 2.95. The van der Waals surface area contributed by atoms with Crippen molar-refractivity contribution in [3.63, 3.8) is 0 Å². The molecule has 0 unspecified atom stereocenters. The lowest BCUT2D eigenvalue weighted by molar-refractivity contribution is -0.385. The highest BCUT2D eigenvalue weighted by Gasteiger charge is 2.24. The smallest absolute Gasteiger partial charge is 0.285 e. The molecule has 1 aromatic carbocycles. The minimum absolute atomic E-state index is 0.0793. The molecule has 23 heavy (non-hydrogen) atoms. The van der Waals surface area contributed by atoms with Crippen LogP contribution in [0.25, 0.3) is 0 Å². The van der Waals surface area contributed by atoms with Crippen LogP contribution in [-0.2, 0) is 6.54 Å². The van der Waals surface area contributed by atoms with Crippen LogP contribution in [0.3, 0.4) is 0 Å². The summed E-state index contributed by atoms with van der Waals surface area (Å²) in [6, 6.07) is 1.88. The minimum Gasteiger partial charge on any atom is -0.345 e. The van der Waals surface area contributed by atoms with Crippen molar-refractivity contribution in [3.05, 3.63) is 49.2 Å². The third kappa shape index (κ3) is 3.86. The summed E-state index contributed by atoms with van der Waals surface area (Å²) in [7, 11) is 0. The first-order chi connectivity index (χ1) is 10.8. The van der Waals surface area contributed by atoms with Crippen molar-refractivity contribution >= 4 is 22.9 Å². The molecule has 0 radical (unpaired) electrons. The maximum atomic E-state index is 13.5. The van der Waals surface area contributed by atoms with Crippen LogP contribution in [0.5, 0.6) is 0 Å². The van der Waals surface area contributed by atoms with Gasteiger partial charge in [-0.3, -0.25) is 14.9 Å². The van der Waals surface area contributed by atoms with Crippen LogP contribution in [0, 0.1) is 22.9 Å². The summed E-state index contributed by atoms with van der Waals surface area (Å²) in [5.41, 5.74) is -0.608. The fourth-order valence-electron chi connectivity index (χ4n) is 1.97. The van der Waals surface area contributed by atoms with E-state index in [0.29, 0.717) is 5.01 Å². The van der Waals surface area contributed by atoms with Crippen LogP contribution in [-0.4, -0.2) is 21.0 Å². The second-order valence-corrected chi connectivity index (χ2v) is 6.34. The summed E-state index contributed by atoms with van der Waals surface area (Å²) in [6.45, 7) is 5.41. The lowest BCUT2D eigenvalue weighted by Crippen LogP contribution is -2.24. The number of halogens is 1. The quantitative estimate of drug-likeness (QED) is 0.667. The molecule has 0 aliphatic rings. The molecular formula is C14H15FN4O3S. The molecule has 0 saturated carbocycles. The molecule has 7 nitrogen and oxygen atoms in total. The van der Waals surface area contributed by atoms with Crippen molar-refractivity contribution in [2.24, 2.45) is 0 Å². The largest absolute Gasteiger partial charge is 0.345 e. The van der Waals surface area contributed by atoms with E-state index in [9.17, 15) is 19.3 Å². The average Bonchev–Trinajstić information content (AvgIpc) is 2.92. The first kappa shape index (κ1) is 16.9. The van der Waals surface area contributed by atoms with E-state index in [1.165, 1.54) is 18.3 Å². The fraction of sp³-hybridized carbons (Fsp3) is 0.357. The number of aryl methyl sites for hydroxylation is 1. The lowest BCUT2D eigenvalue weighted by atomic mass is 10.1. The van der Waals surface area contributed by atoms with Crippen LogP contribution >= 0.6 is 11.3 Å². The molecule has 0 aliphatic carbocycles. The fourth-order valence-corrected chi connectivity index (χ4v) is 2.76. The molecule has 122 valence electrons. The molecule has 0 aliphatic heterocycles. The van der Waals surface area contributed by atoms with E-state index in [4.69, 9.17) is 0 Å².